The van der Waals surface area contributed by atoms with Crippen molar-refractivity contribution in [3.05, 3.63) is 65.5 Å². The van der Waals surface area contributed by atoms with E-state index in [2.05, 4.69) is 52.7 Å². The van der Waals surface area contributed by atoms with Gasteiger partial charge < -0.3 is 15.4 Å². The summed E-state index contributed by atoms with van der Waals surface area (Å²) in [6, 6.07) is 14.4. The largest absolute Gasteiger partial charge is 0.376 e. The molecule has 1 aromatic carbocycles. The summed E-state index contributed by atoms with van der Waals surface area (Å²) in [5.41, 5.74) is 3.48. The Morgan fingerprint density at radius 2 is 1.93 bits per heavy atom. The van der Waals surface area contributed by atoms with Crippen molar-refractivity contribution in [3.63, 3.8) is 0 Å². The lowest BCUT2D eigenvalue weighted by molar-refractivity contribution is 0.0945. The van der Waals surface area contributed by atoms with Gasteiger partial charge in [0.25, 0.3) is 0 Å². The van der Waals surface area contributed by atoms with Crippen LogP contribution in [0.1, 0.15) is 30.7 Å². The molecule has 2 aromatic rings. The highest BCUT2D eigenvalue weighted by Gasteiger charge is 2.04. The third-order valence-electron chi connectivity index (χ3n) is 4.10. The zero-order valence-corrected chi connectivity index (χ0v) is 16.7. The summed E-state index contributed by atoms with van der Waals surface area (Å²) in [6.07, 6.45) is 2.86. The number of nitrogens with zero attached hydrogens (tertiary/aromatic N) is 2. The van der Waals surface area contributed by atoms with Crippen molar-refractivity contribution in [2.75, 3.05) is 26.2 Å². The second-order valence-electron chi connectivity index (χ2n) is 6.81. The quantitative estimate of drug-likeness (QED) is 0.499. The maximum absolute atomic E-state index is 5.81. The number of hydrogen-bond acceptors (Lipinski definition) is 3. The number of guanidine groups is 1. The molecular weight excluding hydrogens is 336 g/mol. The number of hydrogen-bond donors (Lipinski definition) is 2. The van der Waals surface area contributed by atoms with Gasteiger partial charge >= 0.3 is 0 Å². The van der Waals surface area contributed by atoms with Crippen LogP contribution >= 0.6 is 0 Å². The molecule has 0 aliphatic rings. The van der Waals surface area contributed by atoms with E-state index in [1.807, 2.05) is 37.4 Å². The number of aromatic nitrogens is 1. The molecule has 5 nitrogen and oxygen atoms in total. The molecule has 0 saturated carbocycles. The molecule has 1 unspecified atom stereocenters. The highest BCUT2D eigenvalue weighted by Crippen LogP contribution is 2.04. The lowest BCUT2D eigenvalue weighted by Crippen LogP contribution is -2.38. The van der Waals surface area contributed by atoms with E-state index >= 15 is 0 Å². The fourth-order valence-corrected chi connectivity index (χ4v) is 2.57. The Bertz CT molecular complexity index is 670. The maximum Gasteiger partial charge on any atom is 0.191 e. The van der Waals surface area contributed by atoms with Gasteiger partial charge in [0.2, 0.25) is 0 Å². The Hall–Kier alpha value is -2.40. The molecule has 27 heavy (non-hydrogen) atoms. The normalized spacial score (nSPS) is 12.6. The average Bonchev–Trinajstić information content (AvgIpc) is 2.68. The van der Waals surface area contributed by atoms with Crippen LogP contribution in [-0.2, 0) is 17.8 Å². The second-order valence-corrected chi connectivity index (χ2v) is 6.81. The zero-order valence-electron chi connectivity index (χ0n) is 16.7. The zero-order chi connectivity index (χ0) is 19.3. The highest BCUT2D eigenvalue weighted by molar-refractivity contribution is 5.79. The van der Waals surface area contributed by atoms with Crippen LogP contribution in [0.25, 0.3) is 0 Å². The Labute approximate surface area is 163 Å². The molecule has 0 aliphatic heterocycles. The molecule has 146 valence electrons. The highest BCUT2D eigenvalue weighted by atomic mass is 16.5. The molecule has 0 spiro atoms. The summed E-state index contributed by atoms with van der Waals surface area (Å²) < 4.78 is 5.81. The van der Waals surface area contributed by atoms with Crippen LogP contribution in [0.4, 0.5) is 0 Å². The first-order chi connectivity index (χ1) is 13.2. The van der Waals surface area contributed by atoms with Crippen LogP contribution in [0.2, 0.25) is 0 Å². The summed E-state index contributed by atoms with van der Waals surface area (Å²) in [5, 5.41) is 6.69. The van der Waals surface area contributed by atoms with Gasteiger partial charge in [0.15, 0.2) is 5.96 Å². The van der Waals surface area contributed by atoms with Crippen molar-refractivity contribution >= 4 is 5.96 Å². The van der Waals surface area contributed by atoms with E-state index in [0.717, 1.165) is 37.7 Å². The fraction of sp³-hybridized carbons (Fsp3) is 0.455. The van der Waals surface area contributed by atoms with Gasteiger partial charge in [-0.15, -0.1) is 0 Å². The van der Waals surface area contributed by atoms with Crippen molar-refractivity contribution < 1.29 is 4.74 Å². The number of nitrogens with one attached hydrogen (secondary N) is 2. The standard InChI is InChI=1S/C22H32N4O/c1-4-23-22(24-13-12-20-11-10-19(3)25-15-20)26-14-18(2)16-27-17-21-8-6-5-7-9-21/h5-11,15,18H,4,12-14,16-17H2,1-3H3,(H2,23,24,26). The number of aliphatic imine (C=N–C) groups is 1. The maximum atomic E-state index is 5.81. The summed E-state index contributed by atoms with van der Waals surface area (Å²) >= 11 is 0. The summed E-state index contributed by atoms with van der Waals surface area (Å²) in [7, 11) is 0. The minimum absolute atomic E-state index is 0.366. The predicted octanol–water partition coefficient (Wildman–Crippen LogP) is 3.34. The van der Waals surface area contributed by atoms with Gasteiger partial charge in [0, 0.05) is 31.5 Å². The van der Waals surface area contributed by atoms with Crippen LogP contribution in [0.3, 0.4) is 0 Å². The smallest absolute Gasteiger partial charge is 0.191 e. The van der Waals surface area contributed by atoms with Gasteiger partial charge in [-0.3, -0.25) is 9.98 Å². The minimum Gasteiger partial charge on any atom is -0.376 e. The Kier molecular flexibility index (Phi) is 9.35. The van der Waals surface area contributed by atoms with Crippen molar-refractivity contribution in [3.8, 4) is 0 Å². The number of rotatable bonds is 10. The molecule has 0 fully saturated rings. The summed E-state index contributed by atoms with van der Waals surface area (Å²) in [6.45, 7) is 10.00. The predicted molar refractivity (Wildman–Crippen MR) is 112 cm³/mol. The Morgan fingerprint density at radius 1 is 1.11 bits per heavy atom. The molecule has 1 aromatic heterocycles. The van der Waals surface area contributed by atoms with Crippen LogP contribution in [0.5, 0.6) is 0 Å². The van der Waals surface area contributed by atoms with Crippen LogP contribution < -0.4 is 10.6 Å². The van der Waals surface area contributed by atoms with Crippen LogP contribution in [0.15, 0.2) is 53.7 Å². The fourth-order valence-electron chi connectivity index (χ4n) is 2.57. The van der Waals surface area contributed by atoms with Gasteiger partial charge in [-0.05, 0) is 43.4 Å². The molecule has 0 bridgehead atoms. The average molecular weight is 369 g/mol. The molecule has 0 aliphatic carbocycles. The first-order valence-electron chi connectivity index (χ1n) is 9.72. The van der Waals surface area contributed by atoms with Gasteiger partial charge in [-0.1, -0.05) is 43.3 Å². The van der Waals surface area contributed by atoms with Crippen molar-refractivity contribution in [1.82, 2.24) is 15.6 Å². The first-order valence-corrected chi connectivity index (χ1v) is 9.72. The van der Waals surface area contributed by atoms with Gasteiger partial charge in [-0.2, -0.15) is 0 Å². The molecule has 2 rings (SSSR count). The second kappa shape index (κ2) is 12.1. The first kappa shape index (κ1) is 20.9. The van der Waals surface area contributed by atoms with E-state index in [-0.39, 0.29) is 0 Å². The Balaban J connectivity index is 1.70. The van der Waals surface area contributed by atoms with E-state index in [1.54, 1.807) is 0 Å². The van der Waals surface area contributed by atoms with E-state index in [4.69, 9.17) is 4.74 Å². The van der Waals surface area contributed by atoms with Crippen molar-refractivity contribution in [2.45, 2.75) is 33.8 Å². The van der Waals surface area contributed by atoms with Gasteiger partial charge in [0.1, 0.15) is 0 Å². The minimum atomic E-state index is 0.366. The number of benzene rings is 1. The molecule has 1 heterocycles. The monoisotopic (exact) mass is 368 g/mol. The number of ether oxygens (including phenoxy) is 1. The van der Waals surface area contributed by atoms with E-state index in [9.17, 15) is 0 Å². The topological polar surface area (TPSA) is 58.5 Å². The summed E-state index contributed by atoms with van der Waals surface area (Å²) in [5.74, 6) is 1.22. The van der Waals surface area contributed by atoms with Crippen molar-refractivity contribution in [2.24, 2.45) is 10.9 Å². The molecular formula is C22H32N4O. The van der Waals surface area contributed by atoms with E-state index in [0.29, 0.717) is 19.1 Å². The molecule has 0 saturated heterocycles. The van der Waals surface area contributed by atoms with Crippen LogP contribution in [0, 0.1) is 12.8 Å². The Morgan fingerprint density at radius 3 is 2.63 bits per heavy atom. The lowest BCUT2D eigenvalue weighted by Gasteiger charge is -2.14. The van der Waals surface area contributed by atoms with Crippen molar-refractivity contribution in [1.29, 1.82) is 0 Å². The van der Waals surface area contributed by atoms with E-state index < -0.39 is 0 Å². The molecule has 5 heteroatoms. The third kappa shape index (κ3) is 8.69. The van der Waals surface area contributed by atoms with Crippen LogP contribution in [-0.4, -0.2) is 37.2 Å². The SMILES string of the molecule is CCNC(=NCC(C)COCc1ccccc1)NCCc1ccc(C)nc1. The van der Waals surface area contributed by atoms with E-state index in [1.165, 1.54) is 11.1 Å². The lowest BCUT2D eigenvalue weighted by atomic mass is 10.2. The molecule has 0 radical (unpaired) electrons. The number of aryl methyl sites for hydroxylation is 1. The summed E-state index contributed by atoms with van der Waals surface area (Å²) in [4.78, 5) is 9.02. The molecule has 1 atom stereocenters. The molecule has 0 amide bonds. The third-order valence-corrected chi connectivity index (χ3v) is 4.10. The number of pyridine rings is 1. The van der Waals surface area contributed by atoms with Gasteiger partial charge in [-0.25, -0.2) is 0 Å². The molecule has 2 N–H and O–H groups in total. The van der Waals surface area contributed by atoms with Gasteiger partial charge in [0.05, 0.1) is 13.2 Å².